The van der Waals surface area contributed by atoms with Crippen molar-refractivity contribution in [1.82, 2.24) is 0 Å². The first-order valence-electron chi connectivity index (χ1n) is 4.22. The highest BCUT2D eigenvalue weighted by molar-refractivity contribution is 7.09. The largest absolute Gasteiger partial charge is 1.00 e. The van der Waals surface area contributed by atoms with Crippen LogP contribution in [0.1, 0.15) is 17.5 Å². The average molecular weight is 236 g/mol. The van der Waals surface area contributed by atoms with Crippen molar-refractivity contribution in [2.24, 2.45) is 0 Å². The number of halogens is 1. The number of hydrogen-bond donors (Lipinski definition) is 1. The summed E-state index contributed by atoms with van der Waals surface area (Å²) in [5.74, 6) is 0.154. The van der Waals surface area contributed by atoms with E-state index >= 15 is 0 Å². The number of nitrogens with zero attached hydrogens (tertiary/aromatic N) is 1. The Kier molecular flexibility index (Phi) is 5.92. The molecule has 0 radical (unpaired) electrons. The summed E-state index contributed by atoms with van der Waals surface area (Å²) in [7, 11) is 0. The van der Waals surface area contributed by atoms with Crippen molar-refractivity contribution in [3.8, 4) is 0 Å². The average Bonchev–Trinajstić information content (AvgIpc) is 2.36. The smallest absolute Gasteiger partial charge is 0.225 e. The first kappa shape index (κ1) is 13.5. The minimum atomic E-state index is 0. The standard InChI is InChI=1S/C9H14NO2S.ClH/c1-7(12)5-10-6-13-9(3-4-11)8(10)2;/h6,11H,3-5H2,1-2H3;1H/q+1;/p-1. The second-order valence-corrected chi connectivity index (χ2v) is 3.97. The van der Waals surface area contributed by atoms with Gasteiger partial charge in [-0.1, -0.05) is 11.3 Å². The molecular formula is C9H14ClNO2S. The van der Waals surface area contributed by atoms with E-state index in [1.807, 2.05) is 17.0 Å². The molecule has 0 atom stereocenters. The number of thiazole rings is 1. The van der Waals surface area contributed by atoms with Crippen molar-refractivity contribution in [3.63, 3.8) is 0 Å². The Morgan fingerprint density at radius 2 is 2.29 bits per heavy atom. The summed E-state index contributed by atoms with van der Waals surface area (Å²) in [6.45, 7) is 4.16. The summed E-state index contributed by atoms with van der Waals surface area (Å²) in [5, 5.41) is 8.77. The quantitative estimate of drug-likeness (QED) is 0.585. The van der Waals surface area contributed by atoms with Crippen LogP contribution in [-0.4, -0.2) is 17.5 Å². The van der Waals surface area contributed by atoms with Crippen molar-refractivity contribution >= 4 is 17.1 Å². The van der Waals surface area contributed by atoms with Crippen LogP contribution in [0.2, 0.25) is 0 Å². The van der Waals surface area contributed by atoms with Crippen LogP contribution in [0.25, 0.3) is 0 Å². The Morgan fingerprint density at radius 1 is 1.64 bits per heavy atom. The molecule has 0 saturated carbocycles. The van der Waals surface area contributed by atoms with Crippen LogP contribution in [0.3, 0.4) is 0 Å². The second kappa shape index (κ2) is 6.11. The molecule has 5 heteroatoms. The van der Waals surface area contributed by atoms with E-state index in [0.717, 1.165) is 10.6 Å². The summed E-state index contributed by atoms with van der Waals surface area (Å²) in [4.78, 5) is 12.0. The van der Waals surface area contributed by atoms with Gasteiger partial charge in [0.1, 0.15) is 0 Å². The first-order chi connectivity index (χ1) is 6.15. The molecule has 1 aromatic rings. The molecule has 0 unspecified atom stereocenters. The third kappa shape index (κ3) is 3.36. The van der Waals surface area contributed by atoms with Crippen LogP contribution < -0.4 is 17.0 Å². The van der Waals surface area contributed by atoms with Gasteiger partial charge in [0.15, 0.2) is 11.5 Å². The van der Waals surface area contributed by atoms with Crippen LogP contribution in [0.15, 0.2) is 5.51 Å². The molecule has 0 amide bonds. The third-order valence-electron chi connectivity index (χ3n) is 1.89. The number of hydrogen-bond acceptors (Lipinski definition) is 3. The predicted molar refractivity (Wildman–Crippen MR) is 50.7 cm³/mol. The van der Waals surface area contributed by atoms with E-state index in [1.54, 1.807) is 18.3 Å². The van der Waals surface area contributed by atoms with Crippen molar-refractivity contribution in [3.05, 3.63) is 16.1 Å². The maximum atomic E-state index is 10.9. The van der Waals surface area contributed by atoms with Crippen LogP contribution in [0.5, 0.6) is 0 Å². The highest BCUT2D eigenvalue weighted by Gasteiger charge is 2.15. The monoisotopic (exact) mass is 235 g/mol. The molecule has 3 nitrogen and oxygen atoms in total. The Balaban J connectivity index is 0.00000169. The van der Waals surface area contributed by atoms with Gasteiger partial charge >= 0.3 is 0 Å². The molecule has 0 aromatic carbocycles. The molecule has 1 heterocycles. The fraction of sp³-hybridized carbons (Fsp3) is 0.556. The van der Waals surface area contributed by atoms with Gasteiger partial charge in [0.05, 0.1) is 4.88 Å². The van der Waals surface area contributed by atoms with E-state index in [1.165, 1.54) is 0 Å². The van der Waals surface area contributed by atoms with Gasteiger partial charge in [-0.2, -0.15) is 4.57 Å². The van der Waals surface area contributed by atoms with Gasteiger partial charge in [0.25, 0.3) is 0 Å². The number of rotatable bonds is 4. The van der Waals surface area contributed by atoms with Crippen LogP contribution in [-0.2, 0) is 17.8 Å². The molecule has 0 bridgehead atoms. The van der Waals surface area contributed by atoms with Crippen molar-refractivity contribution < 1.29 is 26.9 Å². The topological polar surface area (TPSA) is 41.2 Å². The van der Waals surface area contributed by atoms with Gasteiger partial charge < -0.3 is 17.5 Å². The fourth-order valence-corrected chi connectivity index (χ4v) is 2.17. The number of carbonyl (C=O) groups is 1. The van der Waals surface area contributed by atoms with Gasteiger partial charge in [-0.05, 0) is 0 Å². The van der Waals surface area contributed by atoms with E-state index in [4.69, 9.17) is 5.11 Å². The van der Waals surface area contributed by atoms with Crippen LogP contribution in [0.4, 0.5) is 0 Å². The van der Waals surface area contributed by atoms with Gasteiger partial charge in [0, 0.05) is 26.9 Å². The van der Waals surface area contributed by atoms with E-state index in [0.29, 0.717) is 13.0 Å². The number of carbonyl (C=O) groups excluding carboxylic acids is 1. The van der Waals surface area contributed by atoms with Crippen molar-refractivity contribution in [1.29, 1.82) is 0 Å². The molecule has 1 N–H and O–H groups in total. The lowest BCUT2D eigenvalue weighted by molar-refractivity contribution is -0.685. The molecule has 0 aliphatic heterocycles. The lowest BCUT2D eigenvalue weighted by Gasteiger charge is -1.92. The summed E-state index contributed by atoms with van der Waals surface area (Å²) in [6.07, 6.45) is 0.682. The molecule has 0 aliphatic rings. The highest BCUT2D eigenvalue weighted by Crippen LogP contribution is 2.10. The van der Waals surface area contributed by atoms with E-state index in [9.17, 15) is 4.79 Å². The zero-order chi connectivity index (χ0) is 9.84. The second-order valence-electron chi connectivity index (χ2n) is 3.04. The Morgan fingerprint density at radius 3 is 2.79 bits per heavy atom. The molecule has 0 saturated heterocycles. The maximum Gasteiger partial charge on any atom is 0.225 e. The van der Waals surface area contributed by atoms with Gasteiger partial charge in [-0.3, -0.25) is 4.79 Å². The van der Waals surface area contributed by atoms with E-state index in [2.05, 4.69) is 0 Å². The summed E-state index contributed by atoms with van der Waals surface area (Å²) in [6, 6.07) is 0. The molecule has 14 heavy (non-hydrogen) atoms. The Labute approximate surface area is 93.8 Å². The Bertz CT molecular complexity index is 312. The van der Waals surface area contributed by atoms with Crippen molar-refractivity contribution in [2.75, 3.05) is 6.61 Å². The molecule has 0 spiro atoms. The summed E-state index contributed by atoms with van der Waals surface area (Å²) in [5.41, 5.74) is 3.02. The van der Waals surface area contributed by atoms with Crippen molar-refractivity contribution in [2.45, 2.75) is 26.8 Å². The summed E-state index contributed by atoms with van der Waals surface area (Å²) < 4.78 is 1.93. The first-order valence-corrected chi connectivity index (χ1v) is 5.09. The SMILES string of the molecule is CC(=O)C[n+]1csc(CCO)c1C.[Cl-]. The molecule has 1 aromatic heterocycles. The minimum absolute atomic E-state index is 0. The lowest BCUT2D eigenvalue weighted by Crippen LogP contribution is -3.00. The molecule has 80 valence electrons. The number of Topliss-reactive ketones (excluding diaryl/α,β-unsaturated/α-hetero) is 1. The zero-order valence-electron chi connectivity index (χ0n) is 8.29. The van der Waals surface area contributed by atoms with Gasteiger partial charge in [-0.25, -0.2) is 0 Å². The van der Waals surface area contributed by atoms with E-state index < -0.39 is 0 Å². The molecule has 0 fully saturated rings. The summed E-state index contributed by atoms with van der Waals surface area (Å²) >= 11 is 1.59. The molecule has 0 aliphatic carbocycles. The highest BCUT2D eigenvalue weighted by atomic mass is 35.5. The van der Waals surface area contributed by atoms with Gasteiger partial charge in [0.2, 0.25) is 12.1 Å². The lowest BCUT2D eigenvalue weighted by atomic mass is 10.3. The number of aromatic nitrogens is 1. The maximum absolute atomic E-state index is 10.9. The number of aliphatic hydroxyl groups excluding tert-OH is 1. The van der Waals surface area contributed by atoms with Gasteiger partial charge in [-0.15, -0.1) is 0 Å². The zero-order valence-corrected chi connectivity index (χ0v) is 9.86. The normalized spacial score (nSPS) is 9.64. The minimum Gasteiger partial charge on any atom is -1.00 e. The van der Waals surface area contributed by atoms with Crippen LogP contribution >= 0.6 is 11.3 Å². The fourth-order valence-electron chi connectivity index (χ4n) is 1.19. The predicted octanol–water partition coefficient (Wildman–Crippen LogP) is -2.53. The number of aliphatic hydroxyl groups is 1. The molecule has 1 rings (SSSR count). The number of ketones is 1. The Hall–Kier alpha value is -0.450. The van der Waals surface area contributed by atoms with Crippen LogP contribution in [0, 0.1) is 6.92 Å². The molecular weight excluding hydrogens is 222 g/mol. The van der Waals surface area contributed by atoms with E-state index in [-0.39, 0.29) is 24.8 Å². The third-order valence-corrected chi connectivity index (χ3v) is 3.03.